The number of hydrogen-bond donors (Lipinski definition) is 1. The highest BCUT2D eigenvalue weighted by molar-refractivity contribution is 9.10. The molecule has 1 aliphatic rings. The van der Waals surface area contributed by atoms with Crippen LogP contribution in [0, 0.1) is 6.92 Å². The Balaban J connectivity index is 1.58. The van der Waals surface area contributed by atoms with E-state index in [2.05, 4.69) is 21.2 Å². The Hall–Kier alpha value is -3.37. The SMILES string of the molecule is Cc1ccc(S(=O)(=O)N(CC(=O)N(Cc2ccc(Br)cc2)[C@@H](Cc2ccccc2)C(=O)NC2CCCCC2)c2cc(Cl)ccc2Cl)cc1. The first-order chi connectivity index (χ1) is 23.0. The summed E-state index contributed by atoms with van der Waals surface area (Å²) in [4.78, 5) is 30.4. The van der Waals surface area contributed by atoms with E-state index in [1.807, 2.05) is 61.5 Å². The van der Waals surface area contributed by atoms with Crippen molar-refractivity contribution in [2.24, 2.45) is 0 Å². The van der Waals surface area contributed by atoms with Crippen molar-refractivity contribution in [1.82, 2.24) is 10.2 Å². The predicted octanol–water partition coefficient (Wildman–Crippen LogP) is 8.35. The molecule has 252 valence electrons. The van der Waals surface area contributed by atoms with Gasteiger partial charge in [-0.2, -0.15) is 0 Å². The van der Waals surface area contributed by atoms with Crippen LogP contribution >= 0.6 is 39.1 Å². The van der Waals surface area contributed by atoms with Gasteiger partial charge in [0.15, 0.2) is 0 Å². The van der Waals surface area contributed by atoms with E-state index < -0.39 is 28.5 Å². The van der Waals surface area contributed by atoms with E-state index in [4.69, 9.17) is 23.2 Å². The number of nitrogens with one attached hydrogen (secondary N) is 1. The fourth-order valence-electron chi connectivity index (χ4n) is 5.91. The third kappa shape index (κ3) is 9.20. The number of rotatable bonds is 12. The van der Waals surface area contributed by atoms with Crippen LogP contribution in [-0.2, 0) is 32.6 Å². The monoisotopic (exact) mass is 769 g/mol. The quantitative estimate of drug-likeness (QED) is 0.157. The van der Waals surface area contributed by atoms with Crippen molar-refractivity contribution >= 4 is 66.7 Å². The lowest BCUT2D eigenvalue weighted by molar-refractivity contribution is -0.140. The molecule has 0 spiro atoms. The van der Waals surface area contributed by atoms with Gasteiger partial charge in [-0.25, -0.2) is 8.42 Å². The predicted molar refractivity (Wildman–Crippen MR) is 196 cm³/mol. The van der Waals surface area contributed by atoms with Crippen LogP contribution in [0.15, 0.2) is 106 Å². The molecule has 48 heavy (non-hydrogen) atoms. The molecule has 1 aliphatic carbocycles. The number of carbonyl (C=O) groups is 2. The molecule has 1 fully saturated rings. The molecule has 1 saturated carbocycles. The molecule has 0 heterocycles. The number of nitrogens with zero attached hydrogens (tertiary/aromatic N) is 2. The standard InChI is InChI=1S/C37H38BrCl2N3O4S/c1-26-12-19-32(20-13-26)48(46,47)43(34-23-30(39)18-21-33(34)40)25-36(44)42(24-28-14-16-29(38)17-15-28)35(22-27-8-4-2-5-9-27)37(45)41-31-10-6-3-7-11-31/h2,4-5,8-9,12-21,23,31,35H,3,6-7,10-11,22,24-25H2,1H3,(H,41,45)/t35-/m0/s1. The highest BCUT2D eigenvalue weighted by Gasteiger charge is 2.36. The van der Waals surface area contributed by atoms with Crippen LogP contribution in [0.3, 0.4) is 0 Å². The Kier molecular flexibility index (Phi) is 12.2. The van der Waals surface area contributed by atoms with Gasteiger partial charge in [0.1, 0.15) is 12.6 Å². The first-order valence-electron chi connectivity index (χ1n) is 15.9. The topological polar surface area (TPSA) is 86.8 Å². The highest BCUT2D eigenvalue weighted by atomic mass is 79.9. The van der Waals surface area contributed by atoms with Crippen LogP contribution in [0.5, 0.6) is 0 Å². The maximum absolute atomic E-state index is 14.7. The summed E-state index contributed by atoms with van der Waals surface area (Å²) in [5.74, 6) is -0.839. The van der Waals surface area contributed by atoms with Crippen molar-refractivity contribution in [3.05, 3.63) is 128 Å². The zero-order chi connectivity index (χ0) is 34.3. The van der Waals surface area contributed by atoms with Crippen LogP contribution in [0.2, 0.25) is 10.0 Å². The minimum absolute atomic E-state index is 0.00715. The van der Waals surface area contributed by atoms with E-state index in [0.717, 1.165) is 57.6 Å². The second-order valence-corrected chi connectivity index (χ2v) is 15.7. The van der Waals surface area contributed by atoms with Gasteiger partial charge >= 0.3 is 0 Å². The molecule has 0 unspecified atom stereocenters. The molecule has 11 heteroatoms. The number of benzene rings is 4. The third-order valence-electron chi connectivity index (χ3n) is 8.55. The molecule has 1 atom stereocenters. The Morgan fingerprint density at radius 1 is 0.875 bits per heavy atom. The van der Waals surface area contributed by atoms with E-state index >= 15 is 0 Å². The first-order valence-corrected chi connectivity index (χ1v) is 18.9. The average Bonchev–Trinajstić information content (AvgIpc) is 3.08. The van der Waals surface area contributed by atoms with Crippen LogP contribution in [0.4, 0.5) is 5.69 Å². The van der Waals surface area contributed by atoms with E-state index in [9.17, 15) is 18.0 Å². The summed E-state index contributed by atoms with van der Waals surface area (Å²) in [6.07, 6.45) is 5.18. The summed E-state index contributed by atoms with van der Waals surface area (Å²) >= 11 is 16.4. The molecule has 4 aromatic rings. The van der Waals surface area contributed by atoms with Crippen LogP contribution < -0.4 is 9.62 Å². The fraction of sp³-hybridized carbons (Fsp3) is 0.297. The molecule has 5 rings (SSSR count). The molecule has 0 bridgehead atoms. The summed E-state index contributed by atoms with van der Waals surface area (Å²) in [6, 6.07) is 26.9. The van der Waals surface area contributed by atoms with Crippen molar-refractivity contribution in [2.45, 2.75) is 69.0 Å². The minimum Gasteiger partial charge on any atom is -0.352 e. The van der Waals surface area contributed by atoms with Gasteiger partial charge in [0.25, 0.3) is 10.0 Å². The number of hydrogen-bond acceptors (Lipinski definition) is 4. The minimum atomic E-state index is -4.31. The molecule has 0 radical (unpaired) electrons. The fourth-order valence-corrected chi connectivity index (χ4v) is 8.04. The number of carbonyl (C=O) groups excluding carboxylic acids is 2. The van der Waals surface area contributed by atoms with E-state index in [1.165, 1.54) is 29.2 Å². The number of amides is 2. The van der Waals surface area contributed by atoms with Gasteiger partial charge in [-0.05, 0) is 73.4 Å². The molecule has 7 nitrogen and oxygen atoms in total. The summed E-state index contributed by atoms with van der Waals surface area (Å²) in [5.41, 5.74) is 2.60. The third-order valence-corrected chi connectivity index (χ3v) is 11.4. The maximum Gasteiger partial charge on any atom is 0.264 e. The molecule has 0 saturated heterocycles. The zero-order valence-corrected chi connectivity index (χ0v) is 30.5. The van der Waals surface area contributed by atoms with E-state index in [-0.39, 0.29) is 45.5 Å². The van der Waals surface area contributed by atoms with Gasteiger partial charge < -0.3 is 10.2 Å². The van der Waals surface area contributed by atoms with Crippen LogP contribution in [-0.4, -0.2) is 43.8 Å². The molecule has 0 aliphatic heterocycles. The Morgan fingerprint density at radius 2 is 1.54 bits per heavy atom. The maximum atomic E-state index is 14.7. The molecular weight excluding hydrogens is 733 g/mol. The van der Waals surface area contributed by atoms with Crippen LogP contribution in [0.1, 0.15) is 48.8 Å². The van der Waals surface area contributed by atoms with E-state index in [0.29, 0.717) is 0 Å². The molecule has 4 aromatic carbocycles. The first kappa shape index (κ1) is 35.9. The Bertz CT molecular complexity index is 1820. The molecular formula is C37H38BrCl2N3O4S. The Labute approximate surface area is 301 Å². The number of sulfonamides is 1. The van der Waals surface area contributed by atoms with Gasteiger partial charge in [0.05, 0.1) is 15.6 Å². The summed E-state index contributed by atoms with van der Waals surface area (Å²) in [5, 5.41) is 3.59. The van der Waals surface area contributed by atoms with Crippen molar-refractivity contribution < 1.29 is 18.0 Å². The summed E-state index contributed by atoms with van der Waals surface area (Å²) in [6.45, 7) is 1.31. The van der Waals surface area contributed by atoms with Gasteiger partial charge in [0, 0.05) is 28.5 Å². The van der Waals surface area contributed by atoms with E-state index in [1.54, 1.807) is 18.2 Å². The lowest BCUT2D eigenvalue weighted by Gasteiger charge is -2.35. The lowest BCUT2D eigenvalue weighted by atomic mass is 9.94. The van der Waals surface area contributed by atoms with Gasteiger partial charge in [-0.3, -0.25) is 13.9 Å². The second-order valence-electron chi connectivity index (χ2n) is 12.1. The smallest absolute Gasteiger partial charge is 0.264 e. The highest BCUT2D eigenvalue weighted by Crippen LogP contribution is 2.33. The number of halogens is 3. The van der Waals surface area contributed by atoms with Gasteiger partial charge in [0.2, 0.25) is 11.8 Å². The molecule has 0 aromatic heterocycles. The molecule has 1 N–H and O–H groups in total. The summed E-state index contributed by atoms with van der Waals surface area (Å²) in [7, 11) is -4.31. The van der Waals surface area contributed by atoms with Crippen molar-refractivity contribution in [2.75, 3.05) is 10.8 Å². The Morgan fingerprint density at radius 3 is 2.21 bits per heavy atom. The lowest BCUT2D eigenvalue weighted by Crippen LogP contribution is -2.55. The van der Waals surface area contributed by atoms with Crippen molar-refractivity contribution in [3.8, 4) is 0 Å². The van der Waals surface area contributed by atoms with Crippen LogP contribution in [0.25, 0.3) is 0 Å². The zero-order valence-electron chi connectivity index (χ0n) is 26.6. The van der Waals surface area contributed by atoms with Gasteiger partial charge in [-0.15, -0.1) is 0 Å². The number of aryl methyl sites for hydroxylation is 1. The van der Waals surface area contributed by atoms with Crippen molar-refractivity contribution in [3.63, 3.8) is 0 Å². The van der Waals surface area contributed by atoms with Crippen molar-refractivity contribution in [1.29, 1.82) is 0 Å². The normalized spacial score (nSPS) is 14.2. The molecule has 2 amide bonds. The average molecular weight is 772 g/mol. The number of anilines is 1. The summed E-state index contributed by atoms with van der Waals surface area (Å²) < 4.78 is 30.4. The van der Waals surface area contributed by atoms with Gasteiger partial charge in [-0.1, -0.05) is 119 Å². The largest absolute Gasteiger partial charge is 0.352 e. The second kappa shape index (κ2) is 16.4.